The molecule has 0 aliphatic carbocycles. The van der Waals surface area contributed by atoms with Crippen molar-refractivity contribution in [3.8, 4) is 5.75 Å². The first-order valence-electron chi connectivity index (χ1n) is 6.06. The van der Waals surface area contributed by atoms with Crippen LogP contribution in [-0.2, 0) is 19.6 Å². The standard InChI is InChI=1S/C12H15N3O5S/c1-7-12(17)14-11(16)6-15(7)21(18,19)10-4-3-8(20-2)5-9(10)13/h3-5,7H,6,13H2,1-2H3,(H,14,16,17). The zero-order valence-electron chi connectivity index (χ0n) is 11.5. The number of imide groups is 1. The fourth-order valence-corrected chi connectivity index (χ4v) is 3.65. The van der Waals surface area contributed by atoms with Crippen molar-refractivity contribution in [2.45, 2.75) is 17.9 Å². The van der Waals surface area contributed by atoms with E-state index in [0.717, 1.165) is 4.31 Å². The molecule has 1 saturated heterocycles. The fourth-order valence-electron chi connectivity index (χ4n) is 2.00. The summed E-state index contributed by atoms with van der Waals surface area (Å²) in [5.41, 5.74) is 5.72. The Bertz CT molecular complexity index is 701. The molecule has 1 aliphatic rings. The molecule has 0 spiro atoms. The second kappa shape index (κ2) is 5.34. The van der Waals surface area contributed by atoms with Crippen molar-refractivity contribution in [3.05, 3.63) is 18.2 Å². The number of nitrogens with one attached hydrogen (secondary N) is 1. The third kappa shape index (κ3) is 2.69. The van der Waals surface area contributed by atoms with E-state index in [1.165, 1.54) is 32.2 Å². The van der Waals surface area contributed by atoms with Crippen molar-refractivity contribution in [2.24, 2.45) is 0 Å². The number of carbonyl (C=O) groups excluding carboxylic acids is 2. The quantitative estimate of drug-likeness (QED) is 0.563. The van der Waals surface area contributed by atoms with Crippen molar-refractivity contribution in [1.29, 1.82) is 0 Å². The predicted molar refractivity (Wildman–Crippen MR) is 73.9 cm³/mol. The molecule has 2 rings (SSSR count). The summed E-state index contributed by atoms with van der Waals surface area (Å²) in [6, 6.07) is 3.10. The minimum absolute atomic E-state index is 0.0139. The molecule has 3 N–H and O–H groups in total. The summed E-state index contributed by atoms with van der Waals surface area (Å²) in [6.07, 6.45) is 0. The largest absolute Gasteiger partial charge is 0.497 e. The van der Waals surface area contributed by atoms with E-state index < -0.39 is 34.4 Å². The molecule has 114 valence electrons. The van der Waals surface area contributed by atoms with Gasteiger partial charge in [-0.2, -0.15) is 4.31 Å². The smallest absolute Gasteiger partial charge is 0.246 e. The third-order valence-electron chi connectivity index (χ3n) is 3.18. The number of nitrogens with two attached hydrogens (primary N) is 1. The van der Waals surface area contributed by atoms with Crippen molar-refractivity contribution in [2.75, 3.05) is 19.4 Å². The van der Waals surface area contributed by atoms with Gasteiger partial charge in [0.05, 0.1) is 19.3 Å². The van der Waals surface area contributed by atoms with E-state index >= 15 is 0 Å². The maximum absolute atomic E-state index is 12.6. The minimum Gasteiger partial charge on any atom is -0.497 e. The van der Waals surface area contributed by atoms with Crippen LogP contribution < -0.4 is 15.8 Å². The molecule has 2 amide bonds. The number of ether oxygens (including phenoxy) is 1. The molecular formula is C12H15N3O5S. The highest BCUT2D eigenvalue weighted by molar-refractivity contribution is 7.89. The van der Waals surface area contributed by atoms with Crippen molar-refractivity contribution < 1.29 is 22.7 Å². The average Bonchev–Trinajstić information content (AvgIpc) is 2.42. The monoisotopic (exact) mass is 313 g/mol. The molecule has 8 nitrogen and oxygen atoms in total. The minimum atomic E-state index is -4.06. The molecule has 21 heavy (non-hydrogen) atoms. The Hall–Kier alpha value is -2.13. The number of hydrogen-bond donors (Lipinski definition) is 2. The van der Waals surface area contributed by atoms with Crippen LogP contribution in [-0.4, -0.2) is 44.2 Å². The zero-order chi connectivity index (χ0) is 15.8. The molecule has 1 heterocycles. The van der Waals surface area contributed by atoms with Gasteiger partial charge in [-0.05, 0) is 19.1 Å². The first-order chi connectivity index (χ1) is 9.77. The summed E-state index contributed by atoms with van der Waals surface area (Å²) < 4.78 is 30.9. The van der Waals surface area contributed by atoms with Gasteiger partial charge in [0.15, 0.2) is 0 Å². The van der Waals surface area contributed by atoms with Gasteiger partial charge in [0.2, 0.25) is 21.8 Å². The van der Waals surface area contributed by atoms with E-state index in [-0.39, 0.29) is 10.6 Å². The number of amides is 2. The van der Waals surface area contributed by atoms with Gasteiger partial charge in [-0.1, -0.05) is 0 Å². The Morgan fingerprint density at radius 1 is 1.38 bits per heavy atom. The summed E-state index contributed by atoms with van der Waals surface area (Å²) in [5.74, 6) is -0.928. The Balaban J connectivity index is 2.46. The lowest BCUT2D eigenvalue weighted by molar-refractivity contribution is -0.136. The molecule has 1 unspecified atom stereocenters. The molecule has 1 atom stereocenters. The summed E-state index contributed by atoms with van der Waals surface area (Å²) in [4.78, 5) is 22.8. The van der Waals surface area contributed by atoms with Crippen molar-refractivity contribution in [1.82, 2.24) is 9.62 Å². The number of rotatable bonds is 3. The molecular weight excluding hydrogens is 298 g/mol. The highest BCUT2D eigenvalue weighted by atomic mass is 32.2. The Morgan fingerprint density at radius 3 is 2.62 bits per heavy atom. The van der Waals surface area contributed by atoms with E-state index in [1.807, 2.05) is 0 Å². The molecule has 9 heteroatoms. The van der Waals surface area contributed by atoms with E-state index in [0.29, 0.717) is 5.75 Å². The summed E-state index contributed by atoms with van der Waals surface area (Å²) >= 11 is 0. The molecule has 1 aromatic rings. The van der Waals surface area contributed by atoms with E-state index in [4.69, 9.17) is 10.5 Å². The SMILES string of the molecule is COc1ccc(S(=O)(=O)N2CC(=O)NC(=O)C2C)c(N)c1. The number of sulfonamides is 1. The summed E-state index contributed by atoms with van der Waals surface area (Å²) in [5, 5.41) is 2.08. The zero-order valence-corrected chi connectivity index (χ0v) is 12.3. The van der Waals surface area contributed by atoms with Gasteiger partial charge in [-0.15, -0.1) is 0 Å². The molecule has 0 radical (unpaired) electrons. The number of hydrogen-bond acceptors (Lipinski definition) is 6. The lowest BCUT2D eigenvalue weighted by Crippen LogP contribution is -2.58. The van der Waals surface area contributed by atoms with Crippen molar-refractivity contribution >= 4 is 27.5 Å². The number of nitrogen functional groups attached to an aromatic ring is 1. The topological polar surface area (TPSA) is 119 Å². The lowest BCUT2D eigenvalue weighted by atomic mass is 10.2. The maximum atomic E-state index is 12.6. The predicted octanol–water partition coefficient (Wildman–Crippen LogP) is -0.687. The van der Waals surface area contributed by atoms with Crippen molar-refractivity contribution in [3.63, 3.8) is 0 Å². The van der Waals surface area contributed by atoms with Crippen LogP contribution in [0.5, 0.6) is 5.75 Å². The second-order valence-electron chi connectivity index (χ2n) is 4.54. The number of piperazine rings is 1. The summed E-state index contributed by atoms with van der Waals surface area (Å²) in [6.45, 7) is 0.972. The average molecular weight is 313 g/mol. The van der Waals surface area contributed by atoms with Crippen LogP contribution in [0.15, 0.2) is 23.1 Å². The molecule has 1 aromatic carbocycles. The molecule has 1 fully saturated rings. The Kier molecular flexibility index (Phi) is 3.88. The van der Waals surface area contributed by atoms with Gasteiger partial charge in [-0.25, -0.2) is 8.42 Å². The maximum Gasteiger partial charge on any atom is 0.246 e. The van der Waals surface area contributed by atoms with Gasteiger partial charge in [0, 0.05) is 6.07 Å². The summed E-state index contributed by atoms with van der Waals surface area (Å²) in [7, 11) is -2.63. The first-order valence-corrected chi connectivity index (χ1v) is 7.50. The third-order valence-corrected chi connectivity index (χ3v) is 5.17. The normalized spacial score (nSPS) is 20.2. The second-order valence-corrected chi connectivity index (χ2v) is 6.40. The Morgan fingerprint density at radius 2 is 2.05 bits per heavy atom. The molecule has 0 saturated carbocycles. The number of carbonyl (C=O) groups is 2. The number of nitrogens with zero attached hydrogens (tertiary/aromatic N) is 1. The lowest BCUT2D eigenvalue weighted by Gasteiger charge is -2.30. The van der Waals surface area contributed by atoms with E-state index in [9.17, 15) is 18.0 Å². The van der Waals surface area contributed by atoms with Crippen LogP contribution in [0.3, 0.4) is 0 Å². The number of methoxy groups -OCH3 is 1. The molecule has 1 aliphatic heterocycles. The van der Waals surface area contributed by atoms with Crippen LogP contribution in [0.4, 0.5) is 5.69 Å². The molecule has 0 aromatic heterocycles. The first kappa shape index (κ1) is 15.3. The van der Waals surface area contributed by atoms with E-state index in [1.54, 1.807) is 0 Å². The van der Waals surface area contributed by atoms with Gasteiger partial charge < -0.3 is 10.5 Å². The van der Waals surface area contributed by atoms with Gasteiger partial charge in [0.1, 0.15) is 16.7 Å². The fraction of sp³-hybridized carbons (Fsp3) is 0.333. The van der Waals surface area contributed by atoms with Crippen LogP contribution in [0, 0.1) is 0 Å². The van der Waals surface area contributed by atoms with Gasteiger partial charge in [-0.3, -0.25) is 14.9 Å². The van der Waals surface area contributed by atoms with Crippen LogP contribution in [0.25, 0.3) is 0 Å². The Labute approximate surface area is 121 Å². The van der Waals surface area contributed by atoms with Crippen LogP contribution >= 0.6 is 0 Å². The highest BCUT2D eigenvalue weighted by Gasteiger charge is 2.39. The van der Waals surface area contributed by atoms with Crippen LogP contribution in [0.2, 0.25) is 0 Å². The number of anilines is 1. The van der Waals surface area contributed by atoms with Gasteiger partial charge in [0.25, 0.3) is 0 Å². The number of benzene rings is 1. The van der Waals surface area contributed by atoms with Crippen LogP contribution in [0.1, 0.15) is 6.92 Å². The highest BCUT2D eigenvalue weighted by Crippen LogP contribution is 2.28. The van der Waals surface area contributed by atoms with Gasteiger partial charge >= 0.3 is 0 Å². The van der Waals surface area contributed by atoms with E-state index in [2.05, 4.69) is 5.32 Å². The molecule has 0 bridgehead atoms.